The van der Waals surface area contributed by atoms with Crippen LogP contribution in [0.3, 0.4) is 0 Å². The molecule has 0 spiro atoms. The summed E-state index contributed by atoms with van der Waals surface area (Å²) in [5.41, 5.74) is 1.95. The van der Waals surface area contributed by atoms with Crippen molar-refractivity contribution in [1.29, 1.82) is 0 Å². The Morgan fingerprint density at radius 3 is 2.62 bits per heavy atom. The van der Waals surface area contributed by atoms with E-state index >= 15 is 0 Å². The number of esters is 1. The average Bonchev–Trinajstić information content (AvgIpc) is 3.16. The molecule has 0 aliphatic carbocycles. The van der Waals surface area contributed by atoms with Gasteiger partial charge in [-0.2, -0.15) is 0 Å². The lowest BCUT2D eigenvalue weighted by Gasteiger charge is -2.15. The van der Waals surface area contributed by atoms with Gasteiger partial charge in [0.05, 0.1) is 11.1 Å². The molecular formula is C25H17Br2FINO4. The summed E-state index contributed by atoms with van der Waals surface area (Å²) in [6, 6.07) is 15.5. The van der Waals surface area contributed by atoms with Crippen LogP contribution in [0, 0.1) is 9.39 Å². The van der Waals surface area contributed by atoms with Gasteiger partial charge < -0.3 is 14.2 Å². The number of hydrogen-bond donors (Lipinski definition) is 0. The van der Waals surface area contributed by atoms with Crippen molar-refractivity contribution in [2.75, 3.05) is 6.61 Å². The van der Waals surface area contributed by atoms with E-state index in [1.807, 2.05) is 25.1 Å². The maximum atomic E-state index is 14.0. The Morgan fingerprint density at radius 1 is 1.09 bits per heavy atom. The SMILES string of the molecule is CCOc1cc(/C=C2\N=C(c3ccc(I)c(Br)c3)OC2=O)cc(Br)c1OCc1ccccc1F. The van der Waals surface area contributed by atoms with Gasteiger partial charge in [-0.1, -0.05) is 18.2 Å². The Labute approximate surface area is 226 Å². The summed E-state index contributed by atoms with van der Waals surface area (Å²) in [4.78, 5) is 16.8. The highest BCUT2D eigenvalue weighted by atomic mass is 127. The topological polar surface area (TPSA) is 57.1 Å². The second-order valence-corrected chi connectivity index (χ2v) is 9.98. The number of aliphatic imine (C=N–C) groups is 1. The molecule has 0 radical (unpaired) electrons. The molecule has 9 heteroatoms. The lowest BCUT2D eigenvalue weighted by atomic mass is 10.1. The van der Waals surface area contributed by atoms with Gasteiger partial charge in [-0.05, 0) is 109 Å². The van der Waals surface area contributed by atoms with Crippen molar-refractivity contribution in [3.8, 4) is 11.5 Å². The zero-order valence-electron chi connectivity index (χ0n) is 17.8. The minimum atomic E-state index is -0.543. The predicted molar refractivity (Wildman–Crippen MR) is 144 cm³/mol. The number of benzene rings is 3. The Kier molecular flexibility index (Phi) is 8.05. The van der Waals surface area contributed by atoms with Gasteiger partial charge >= 0.3 is 5.97 Å². The van der Waals surface area contributed by atoms with Crippen LogP contribution in [0.15, 0.2) is 74.2 Å². The van der Waals surface area contributed by atoms with Crippen LogP contribution in [0.4, 0.5) is 4.39 Å². The van der Waals surface area contributed by atoms with Crippen molar-refractivity contribution in [3.63, 3.8) is 0 Å². The number of nitrogens with zero attached hydrogens (tertiary/aromatic N) is 1. The van der Waals surface area contributed by atoms with E-state index in [4.69, 9.17) is 14.2 Å². The van der Waals surface area contributed by atoms with Gasteiger partial charge in [0.1, 0.15) is 12.4 Å². The van der Waals surface area contributed by atoms with Gasteiger partial charge in [-0.15, -0.1) is 0 Å². The second-order valence-electron chi connectivity index (χ2n) is 7.11. The monoisotopic (exact) mass is 699 g/mol. The molecule has 3 aromatic carbocycles. The third-order valence-corrected chi connectivity index (χ3v) is 7.68. The van der Waals surface area contributed by atoms with E-state index in [1.54, 1.807) is 36.4 Å². The largest absolute Gasteiger partial charge is 0.490 e. The number of hydrogen-bond acceptors (Lipinski definition) is 5. The number of rotatable bonds is 7. The van der Waals surface area contributed by atoms with Crippen LogP contribution in [0.2, 0.25) is 0 Å². The molecule has 0 unspecified atom stereocenters. The number of carbonyl (C=O) groups is 1. The number of halogens is 4. The molecule has 174 valence electrons. The smallest absolute Gasteiger partial charge is 0.363 e. The number of ether oxygens (including phenoxy) is 3. The van der Waals surface area contributed by atoms with E-state index < -0.39 is 5.97 Å². The van der Waals surface area contributed by atoms with E-state index in [-0.39, 0.29) is 24.0 Å². The predicted octanol–water partition coefficient (Wildman–Crippen LogP) is 7.28. The molecule has 5 nitrogen and oxygen atoms in total. The Balaban J connectivity index is 1.62. The minimum Gasteiger partial charge on any atom is -0.490 e. The molecule has 0 N–H and O–H groups in total. The van der Waals surface area contributed by atoms with Gasteiger partial charge in [0, 0.05) is 19.2 Å². The van der Waals surface area contributed by atoms with Crippen molar-refractivity contribution in [2.24, 2.45) is 4.99 Å². The fraction of sp³-hybridized carbons (Fsp3) is 0.120. The van der Waals surface area contributed by atoms with Crippen molar-refractivity contribution in [2.45, 2.75) is 13.5 Å². The molecule has 1 aliphatic heterocycles. The second kappa shape index (κ2) is 11.0. The molecule has 34 heavy (non-hydrogen) atoms. The van der Waals surface area contributed by atoms with Crippen molar-refractivity contribution in [3.05, 3.63) is 95.3 Å². The van der Waals surface area contributed by atoms with Gasteiger partial charge in [0.25, 0.3) is 0 Å². The van der Waals surface area contributed by atoms with Crippen molar-refractivity contribution >= 4 is 72.4 Å². The first-order valence-electron chi connectivity index (χ1n) is 10.2. The van der Waals surface area contributed by atoms with Crippen molar-refractivity contribution in [1.82, 2.24) is 0 Å². The highest BCUT2D eigenvalue weighted by Crippen LogP contribution is 2.38. The van der Waals surface area contributed by atoms with Gasteiger partial charge in [0.2, 0.25) is 5.90 Å². The zero-order valence-corrected chi connectivity index (χ0v) is 23.1. The van der Waals surface area contributed by atoms with E-state index in [0.717, 1.165) is 8.04 Å². The first kappa shape index (κ1) is 24.9. The van der Waals surface area contributed by atoms with Crippen LogP contribution in [0.5, 0.6) is 11.5 Å². The van der Waals surface area contributed by atoms with Gasteiger partial charge in [0.15, 0.2) is 17.2 Å². The summed E-state index contributed by atoms with van der Waals surface area (Å²) >= 11 is 9.18. The Morgan fingerprint density at radius 2 is 1.88 bits per heavy atom. The van der Waals surface area contributed by atoms with Crippen molar-refractivity contribution < 1.29 is 23.4 Å². The fourth-order valence-corrected chi connectivity index (χ4v) is 4.45. The number of cyclic esters (lactones) is 1. The molecule has 3 aromatic rings. The normalized spacial score (nSPS) is 14.2. The summed E-state index contributed by atoms with van der Waals surface area (Å²) in [6.45, 7) is 2.29. The maximum absolute atomic E-state index is 14.0. The molecular weight excluding hydrogens is 684 g/mol. The van der Waals surface area contributed by atoms with E-state index in [2.05, 4.69) is 59.4 Å². The van der Waals surface area contributed by atoms with E-state index in [9.17, 15) is 9.18 Å². The fourth-order valence-electron chi connectivity index (χ4n) is 3.16. The summed E-state index contributed by atoms with van der Waals surface area (Å²) < 4.78 is 33.5. The summed E-state index contributed by atoms with van der Waals surface area (Å²) in [5, 5.41) is 0. The summed E-state index contributed by atoms with van der Waals surface area (Å²) in [7, 11) is 0. The van der Waals surface area contributed by atoms with Crippen LogP contribution >= 0.6 is 54.5 Å². The Hall–Kier alpha value is -2.24. The van der Waals surface area contributed by atoms with Gasteiger partial charge in [-0.3, -0.25) is 0 Å². The van der Waals surface area contributed by atoms with Crippen LogP contribution in [-0.4, -0.2) is 18.5 Å². The molecule has 1 heterocycles. The average molecular weight is 701 g/mol. The van der Waals surface area contributed by atoms with Crippen LogP contribution in [0.25, 0.3) is 6.08 Å². The third-order valence-electron chi connectivity index (χ3n) is 4.75. The molecule has 1 aliphatic rings. The van der Waals surface area contributed by atoms with Crippen LogP contribution in [-0.2, 0) is 16.1 Å². The molecule has 0 aromatic heterocycles. The quantitative estimate of drug-likeness (QED) is 0.148. The first-order valence-corrected chi connectivity index (χ1v) is 12.8. The van der Waals surface area contributed by atoms with E-state index in [1.165, 1.54) is 6.07 Å². The highest BCUT2D eigenvalue weighted by molar-refractivity contribution is 14.1. The molecule has 0 saturated heterocycles. The summed E-state index contributed by atoms with van der Waals surface area (Å²) in [6.07, 6.45) is 1.62. The van der Waals surface area contributed by atoms with Crippen LogP contribution < -0.4 is 9.47 Å². The zero-order chi connectivity index (χ0) is 24.2. The Bertz CT molecular complexity index is 1330. The minimum absolute atomic E-state index is 0.0390. The van der Waals surface area contributed by atoms with Crippen LogP contribution in [0.1, 0.15) is 23.6 Å². The van der Waals surface area contributed by atoms with Gasteiger partial charge in [-0.25, -0.2) is 14.2 Å². The highest BCUT2D eigenvalue weighted by Gasteiger charge is 2.25. The standard InChI is InChI=1S/C25H17Br2FINO4/c1-2-32-22-11-14(9-18(27)23(22)33-13-16-5-3-4-6-19(16)28)10-21-25(31)34-24(30-21)15-7-8-20(29)17(26)12-15/h3-12H,2,13H2,1H3/b21-10-. The lowest BCUT2D eigenvalue weighted by Crippen LogP contribution is -2.05. The molecule has 0 saturated carbocycles. The summed E-state index contributed by atoms with van der Waals surface area (Å²) in [5.74, 6) is 0.249. The maximum Gasteiger partial charge on any atom is 0.363 e. The number of carbonyl (C=O) groups excluding carboxylic acids is 1. The molecule has 0 amide bonds. The molecule has 0 atom stereocenters. The molecule has 0 bridgehead atoms. The molecule has 0 fully saturated rings. The first-order chi connectivity index (χ1) is 16.4. The third kappa shape index (κ3) is 5.69. The lowest BCUT2D eigenvalue weighted by molar-refractivity contribution is -0.129. The van der Waals surface area contributed by atoms with E-state index in [0.29, 0.717) is 39.3 Å². The molecule has 4 rings (SSSR count).